The molecular formula is C76H144O17P2. The number of allylic oxidation sites excluding steroid dienone is 4. The quantitative estimate of drug-likeness (QED) is 0.0169. The molecule has 0 aliphatic carbocycles. The number of rotatable bonds is 72. The minimum Gasteiger partial charge on any atom is -0.462 e. The van der Waals surface area contributed by atoms with Gasteiger partial charge >= 0.3 is 39.5 Å². The molecule has 0 spiro atoms. The number of esters is 4. The molecular weight excluding hydrogens is 1250 g/mol. The van der Waals surface area contributed by atoms with E-state index in [9.17, 15) is 43.2 Å². The van der Waals surface area contributed by atoms with Crippen LogP contribution in [0.2, 0.25) is 0 Å². The number of carbonyl (C=O) groups excluding carboxylic acids is 4. The Hall–Kier alpha value is -2.46. The zero-order valence-corrected chi connectivity index (χ0v) is 63.4. The number of phosphoric acid groups is 2. The Bertz CT molecular complexity index is 1950. The SMILES string of the molecule is CCCCCC/C=C\C=C/CCCCCCCC(=O)O[C@H](COC(=O)CCCCCCCCCCCCCCC(C)C)COP(=O)(O)OCC(O)COP(=O)(O)OC[C@@H](COC(=O)CCCCCCCCCC(C)C)OC(=O)CCCCCCCCCCCCCCC(C)C. The molecule has 0 aliphatic heterocycles. The van der Waals surface area contributed by atoms with Gasteiger partial charge in [0.25, 0.3) is 0 Å². The molecule has 0 saturated carbocycles. The van der Waals surface area contributed by atoms with Gasteiger partial charge in [0, 0.05) is 25.7 Å². The maximum absolute atomic E-state index is 13.1. The smallest absolute Gasteiger partial charge is 0.462 e. The predicted octanol–water partition coefficient (Wildman–Crippen LogP) is 21.7. The Balaban J connectivity index is 5.29. The molecule has 3 N–H and O–H groups in total. The van der Waals surface area contributed by atoms with Crippen LogP contribution in [0.25, 0.3) is 0 Å². The van der Waals surface area contributed by atoms with Crippen LogP contribution >= 0.6 is 15.6 Å². The van der Waals surface area contributed by atoms with Gasteiger partial charge in [0.05, 0.1) is 26.4 Å². The highest BCUT2D eigenvalue weighted by molar-refractivity contribution is 7.47. The number of hydrogen-bond acceptors (Lipinski definition) is 15. The maximum atomic E-state index is 13.1. The third kappa shape index (κ3) is 69.8. The molecule has 0 amide bonds. The molecule has 95 heavy (non-hydrogen) atoms. The number of aliphatic hydroxyl groups excluding tert-OH is 1. The van der Waals surface area contributed by atoms with Crippen molar-refractivity contribution >= 4 is 39.5 Å². The zero-order valence-electron chi connectivity index (χ0n) is 61.6. The van der Waals surface area contributed by atoms with Gasteiger partial charge in [0.2, 0.25) is 0 Å². The number of aliphatic hydroxyl groups is 1. The van der Waals surface area contributed by atoms with Crippen molar-refractivity contribution in [1.82, 2.24) is 0 Å². The first-order chi connectivity index (χ1) is 45.7. The van der Waals surface area contributed by atoms with Crippen molar-refractivity contribution in [3.05, 3.63) is 24.3 Å². The van der Waals surface area contributed by atoms with Crippen LogP contribution in [0.5, 0.6) is 0 Å². The largest absolute Gasteiger partial charge is 0.472 e. The third-order valence-corrected chi connectivity index (χ3v) is 18.9. The third-order valence-electron chi connectivity index (χ3n) is 17.0. The molecule has 3 unspecified atom stereocenters. The Morgan fingerprint density at radius 2 is 0.568 bits per heavy atom. The van der Waals surface area contributed by atoms with E-state index in [1.54, 1.807) is 0 Å². The van der Waals surface area contributed by atoms with Gasteiger partial charge in [-0.3, -0.25) is 37.3 Å². The molecule has 0 saturated heterocycles. The van der Waals surface area contributed by atoms with Crippen LogP contribution < -0.4 is 0 Å². The van der Waals surface area contributed by atoms with E-state index in [1.807, 2.05) is 0 Å². The van der Waals surface area contributed by atoms with Crippen molar-refractivity contribution in [1.29, 1.82) is 0 Å². The van der Waals surface area contributed by atoms with Crippen LogP contribution in [0.15, 0.2) is 24.3 Å². The Kier molecular flexibility index (Phi) is 64.4. The molecule has 560 valence electrons. The van der Waals surface area contributed by atoms with E-state index in [1.165, 1.54) is 154 Å². The second-order valence-corrected chi connectivity index (χ2v) is 31.0. The van der Waals surface area contributed by atoms with E-state index in [4.69, 9.17) is 37.0 Å². The molecule has 0 fully saturated rings. The first kappa shape index (κ1) is 92.5. The Morgan fingerprint density at radius 3 is 0.853 bits per heavy atom. The molecule has 5 atom stereocenters. The van der Waals surface area contributed by atoms with Crippen molar-refractivity contribution in [2.45, 2.75) is 381 Å². The molecule has 0 aromatic rings. The van der Waals surface area contributed by atoms with Gasteiger partial charge in [0.15, 0.2) is 12.2 Å². The zero-order chi connectivity index (χ0) is 70.1. The number of ether oxygens (including phenoxy) is 4. The van der Waals surface area contributed by atoms with Gasteiger partial charge in [-0.2, -0.15) is 0 Å². The molecule has 0 aromatic carbocycles. The van der Waals surface area contributed by atoms with E-state index in [0.29, 0.717) is 31.6 Å². The van der Waals surface area contributed by atoms with E-state index in [2.05, 4.69) is 72.8 Å². The van der Waals surface area contributed by atoms with Crippen molar-refractivity contribution in [2.24, 2.45) is 17.8 Å². The van der Waals surface area contributed by atoms with Crippen LogP contribution in [-0.4, -0.2) is 96.7 Å². The lowest BCUT2D eigenvalue weighted by Gasteiger charge is -2.21. The van der Waals surface area contributed by atoms with Crippen molar-refractivity contribution in [2.75, 3.05) is 39.6 Å². The van der Waals surface area contributed by atoms with E-state index < -0.39 is 97.5 Å². The highest BCUT2D eigenvalue weighted by Crippen LogP contribution is 2.45. The summed E-state index contributed by atoms with van der Waals surface area (Å²) in [6, 6.07) is 0. The highest BCUT2D eigenvalue weighted by atomic mass is 31.2. The van der Waals surface area contributed by atoms with Gasteiger partial charge < -0.3 is 33.8 Å². The Labute approximate surface area is 580 Å². The van der Waals surface area contributed by atoms with Crippen LogP contribution in [0.3, 0.4) is 0 Å². The van der Waals surface area contributed by atoms with Crippen molar-refractivity contribution in [3.8, 4) is 0 Å². The number of carbonyl (C=O) groups is 4. The molecule has 0 aromatic heterocycles. The lowest BCUT2D eigenvalue weighted by Crippen LogP contribution is -2.30. The molecule has 19 heteroatoms. The van der Waals surface area contributed by atoms with E-state index in [0.717, 1.165) is 121 Å². The molecule has 0 heterocycles. The minimum atomic E-state index is -4.97. The topological polar surface area (TPSA) is 237 Å². The second-order valence-electron chi connectivity index (χ2n) is 28.1. The van der Waals surface area contributed by atoms with Gasteiger partial charge in [-0.15, -0.1) is 0 Å². The lowest BCUT2D eigenvalue weighted by molar-refractivity contribution is -0.161. The highest BCUT2D eigenvalue weighted by Gasteiger charge is 2.30. The molecule has 17 nitrogen and oxygen atoms in total. The van der Waals surface area contributed by atoms with E-state index >= 15 is 0 Å². The summed E-state index contributed by atoms with van der Waals surface area (Å²) in [6.07, 6.45) is 54.9. The van der Waals surface area contributed by atoms with E-state index in [-0.39, 0.29) is 25.7 Å². The van der Waals surface area contributed by atoms with Crippen LogP contribution in [0, 0.1) is 17.8 Å². The summed E-state index contributed by atoms with van der Waals surface area (Å²) >= 11 is 0. The molecule has 0 rings (SSSR count). The first-order valence-electron chi connectivity index (χ1n) is 38.7. The van der Waals surface area contributed by atoms with Crippen molar-refractivity contribution in [3.63, 3.8) is 0 Å². The fourth-order valence-corrected chi connectivity index (χ4v) is 12.6. The van der Waals surface area contributed by atoms with Crippen molar-refractivity contribution < 1.29 is 80.2 Å². The number of phosphoric ester groups is 2. The summed E-state index contributed by atoms with van der Waals surface area (Å²) in [5.41, 5.74) is 0. The monoisotopic (exact) mass is 1390 g/mol. The molecule has 0 bridgehead atoms. The normalized spacial score (nSPS) is 14.2. The van der Waals surface area contributed by atoms with Gasteiger partial charge in [0.1, 0.15) is 19.3 Å². The fraction of sp³-hybridized carbons (Fsp3) is 0.895. The van der Waals surface area contributed by atoms with Crippen LogP contribution in [0.4, 0.5) is 0 Å². The summed E-state index contributed by atoms with van der Waals surface area (Å²) in [6.45, 7) is 11.8. The van der Waals surface area contributed by atoms with Gasteiger partial charge in [-0.1, -0.05) is 310 Å². The average molecular weight is 1390 g/mol. The molecule has 0 radical (unpaired) electrons. The molecule has 0 aliphatic rings. The number of hydrogen-bond donors (Lipinski definition) is 3. The maximum Gasteiger partial charge on any atom is 0.472 e. The summed E-state index contributed by atoms with van der Waals surface area (Å²) in [5.74, 6) is 0.109. The standard InChI is InChI=1S/C76H144O17P2/c1-8-9-10-11-12-13-14-15-16-17-25-30-37-45-52-59-75(80)92-71(63-86-73(78)57-50-43-36-29-24-20-18-22-27-33-40-47-54-67(2)3)65-90-94(82,83)88-61-70(77)62-89-95(84,85)91-66-72(64-87-74(79)58-51-44-39-32-35-42-49-56-69(6)7)93-76(81)60-53-46-38-31-26-21-19-23-28-34-41-48-55-68(4)5/h13-16,67-72,77H,8-12,17-66H2,1-7H3,(H,82,83)(H,84,85)/b14-13-,16-15-/t70?,71-,72-/m1/s1. The first-order valence-corrected chi connectivity index (χ1v) is 41.7. The predicted molar refractivity (Wildman–Crippen MR) is 386 cm³/mol. The summed E-state index contributed by atoms with van der Waals surface area (Å²) in [7, 11) is -9.93. The second kappa shape index (κ2) is 66.1. The van der Waals surface area contributed by atoms with Crippen LogP contribution in [-0.2, 0) is 65.4 Å². The Morgan fingerprint density at radius 1 is 0.326 bits per heavy atom. The summed E-state index contributed by atoms with van der Waals surface area (Å²) < 4.78 is 68.5. The van der Waals surface area contributed by atoms with Gasteiger partial charge in [-0.05, 0) is 69.1 Å². The summed E-state index contributed by atoms with van der Waals surface area (Å²) in [4.78, 5) is 72.8. The summed E-state index contributed by atoms with van der Waals surface area (Å²) in [5, 5.41) is 10.6. The minimum absolute atomic E-state index is 0.0847. The number of unbranched alkanes of at least 4 members (excludes halogenated alkanes) is 37. The van der Waals surface area contributed by atoms with Crippen LogP contribution in [0.1, 0.15) is 363 Å². The van der Waals surface area contributed by atoms with Gasteiger partial charge in [-0.25, -0.2) is 9.13 Å². The fourth-order valence-electron chi connectivity index (χ4n) is 11.1. The average Bonchev–Trinajstić information content (AvgIpc) is 1.62. The lowest BCUT2D eigenvalue weighted by atomic mass is 10.0.